The van der Waals surface area contributed by atoms with E-state index in [1.807, 2.05) is 0 Å². The number of fused-ring (bicyclic) bond motifs is 1. The van der Waals surface area contributed by atoms with Crippen LogP contribution in [0.2, 0.25) is 0 Å². The molecule has 0 aliphatic carbocycles. The van der Waals surface area contributed by atoms with Crippen LogP contribution in [0, 0.1) is 5.41 Å². The van der Waals surface area contributed by atoms with Gasteiger partial charge in [0.05, 0.1) is 6.10 Å². The second-order valence-electron chi connectivity index (χ2n) is 5.59. The molecule has 2 aromatic carbocycles. The second kappa shape index (κ2) is 4.50. The Balaban J connectivity index is 2.48. The van der Waals surface area contributed by atoms with Crippen LogP contribution >= 0.6 is 0 Å². The van der Waals surface area contributed by atoms with Crippen molar-refractivity contribution in [2.45, 2.75) is 26.9 Å². The first-order chi connectivity index (χ1) is 8.02. The van der Waals surface area contributed by atoms with Crippen LogP contribution in [0.3, 0.4) is 0 Å². The van der Waals surface area contributed by atoms with Gasteiger partial charge in [0.15, 0.2) is 0 Å². The Labute approximate surface area is 103 Å². The van der Waals surface area contributed by atoms with E-state index in [4.69, 9.17) is 4.74 Å². The summed E-state index contributed by atoms with van der Waals surface area (Å²) in [6, 6.07) is 15.0. The number of methoxy groups -OCH3 is 1. The number of benzene rings is 2. The molecule has 0 saturated heterocycles. The van der Waals surface area contributed by atoms with Gasteiger partial charge in [-0.1, -0.05) is 57.2 Å². The molecule has 1 nitrogen and oxygen atoms in total. The first-order valence-corrected chi connectivity index (χ1v) is 6.04. The third-order valence-corrected chi connectivity index (χ3v) is 3.10. The minimum Gasteiger partial charge on any atom is -0.376 e. The number of hydrogen-bond donors (Lipinski definition) is 0. The molecule has 90 valence electrons. The van der Waals surface area contributed by atoms with Crippen LogP contribution in [0.15, 0.2) is 42.5 Å². The van der Waals surface area contributed by atoms with Crippen LogP contribution in [0.25, 0.3) is 10.8 Å². The average Bonchev–Trinajstić information content (AvgIpc) is 2.28. The highest BCUT2D eigenvalue weighted by atomic mass is 16.5. The van der Waals surface area contributed by atoms with Gasteiger partial charge in [0.2, 0.25) is 0 Å². The van der Waals surface area contributed by atoms with E-state index in [1.165, 1.54) is 16.3 Å². The van der Waals surface area contributed by atoms with E-state index in [9.17, 15) is 0 Å². The predicted octanol–water partition coefficient (Wildman–Crippen LogP) is 4.57. The molecular weight excluding hydrogens is 208 g/mol. The summed E-state index contributed by atoms with van der Waals surface area (Å²) in [5.41, 5.74) is 1.36. The van der Waals surface area contributed by atoms with E-state index in [0.717, 1.165) is 0 Å². The summed E-state index contributed by atoms with van der Waals surface area (Å²) >= 11 is 0. The number of rotatable bonds is 2. The van der Waals surface area contributed by atoms with Crippen molar-refractivity contribution in [3.63, 3.8) is 0 Å². The van der Waals surface area contributed by atoms with E-state index < -0.39 is 0 Å². The topological polar surface area (TPSA) is 9.23 Å². The molecule has 0 amide bonds. The summed E-state index contributed by atoms with van der Waals surface area (Å²) in [7, 11) is 1.78. The van der Waals surface area contributed by atoms with Gasteiger partial charge in [-0.05, 0) is 27.8 Å². The van der Waals surface area contributed by atoms with Gasteiger partial charge in [0.25, 0.3) is 0 Å². The Morgan fingerprint density at radius 3 is 2.18 bits per heavy atom. The zero-order valence-corrected chi connectivity index (χ0v) is 11.0. The maximum Gasteiger partial charge on any atom is 0.0869 e. The molecule has 0 saturated carbocycles. The van der Waals surface area contributed by atoms with E-state index in [0.29, 0.717) is 0 Å². The maximum absolute atomic E-state index is 5.65. The van der Waals surface area contributed by atoms with E-state index in [1.54, 1.807) is 7.11 Å². The largest absolute Gasteiger partial charge is 0.376 e. The van der Waals surface area contributed by atoms with E-state index >= 15 is 0 Å². The first-order valence-electron chi connectivity index (χ1n) is 6.04. The van der Waals surface area contributed by atoms with Crippen molar-refractivity contribution in [1.29, 1.82) is 0 Å². The van der Waals surface area contributed by atoms with Gasteiger partial charge in [-0.3, -0.25) is 0 Å². The highest BCUT2D eigenvalue weighted by Crippen LogP contribution is 2.36. The molecule has 1 atom stereocenters. The lowest BCUT2D eigenvalue weighted by molar-refractivity contribution is 0.0153. The normalized spacial score (nSPS) is 13.9. The highest BCUT2D eigenvalue weighted by Gasteiger charge is 2.25. The number of hydrogen-bond acceptors (Lipinski definition) is 1. The maximum atomic E-state index is 5.65. The lowest BCUT2D eigenvalue weighted by Gasteiger charge is -2.29. The smallest absolute Gasteiger partial charge is 0.0869 e. The monoisotopic (exact) mass is 228 g/mol. The van der Waals surface area contributed by atoms with Crippen molar-refractivity contribution in [2.24, 2.45) is 5.41 Å². The highest BCUT2D eigenvalue weighted by molar-refractivity contribution is 5.83. The molecule has 0 aliphatic heterocycles. The first kappa shape index (κ1) is 12.1. The molecule has 0 aromatic heterocycles. The molecule has 0 heterocycles. The molecule has 2 rings (SSSR count). The van der Waals surface area contributed by atoms with Crippen LogP contribution in [0.4, 0.5) is 0 Å². The van der Waals surface area contributed by atoms with Gasteiger partial charge in [0.1, 0.15) is 0 Å². The molecule has 0 aliphatic rings. The van der Waals surface area contributed by atoms with Gasteiger partial charge < -0.3 is 4.74 Å². The van der Waals surface area contributed by atoms with Crippen molar-refractivity contribution in [3.05, 3.63) is 48.0 Å². The Kier molecular flexibility index (Phi) is 3.21. The molecule has 0 spiro atoms. The lowest BCUT2D eigenvalue weighted by atomic mass is 9.84. The summed E-state index contributed by atoms with van der Waals surface area (Å²) in [6.45, 7) is 6.61. The zero-order valence-electron chi connectivity index (χ0n) is 11.0. The summed E-state index contributed by atoms with van der Waals surface area (Å²) in [5.74, 6) is 0. The zero-order chi connectivity index (χ0) is 12.5. The Hall–Kier alpha value is -1.34. The molecular formula is C16H20O. The van der Waals surface area contributed by atoms with Gasteiger partial charge >= 0.3 is 0 Å². The summed E-state index contributed by atoms with van der Waals surface area (Å²) in [4.78, 5) is 0. The van der Waals surface area contributed by atoms with Crippen LogP contribution in [-0.4, -0.2) is 7.11 Å². The third-order valence-electron chi connectivity index (χ3n) is 3.10. The molecule has 2 aromatic rings. The summed E-state index contributed by atoms with van der Waals surface area (Å²) in [5, 5.41) is 2.55. The molecule has 0 fully saturated rings. The van der Waals surface area contributed by atoms with Gasteiger partial charge in [-0.2, -0.15) is 0 Å². The van der Waals surface area contributed by atoms with Gasteiger partial charge in [-0.15, -0.1) is 0 Å². The van der Waals surface area contributed by atoms with Crippen molar-refractivity contribution in [2.75, 3.05) is 7.11 Å². The standard InChI is InChI=1S/C16H20O/c1-16(2,3)15(17-4)14-10-9-12-7-5-6-8-13(12)11-14/h5-11,15H,1-4H3. The van der Waals surface area contributed by atoms with Crippen molar-refractivity contribution < 1.29 is 4.74 Å². The molecule has 1 unspecified atom stereocenters. The second-order valence-corrected chi connectivity index (χ2v) is 5.59. The van der Waals surface area contributed by atoms with Crippen LogP contribution in [0.5, 0.6) is 0 Å². The minimum absolute atomic E-state index is 0.108. The Morgan fingerprint density at radius 1 is 0.941 bits per heavy atom. The molecule has 0 N–H and O–H groups in total. The Morgan fingerprint density at radius 2 is 1.59 bits per heavy atom. The molecule has 0 radical (unpaired) electrons. The average molecular weight is 228 g/mol. The van der Waals surface area contributed by atoms with Gasteiger partial charge in [-0.25, -0.2) is 0 Å². The quantitative estimate of drug-likeness (QED) is 0.731. The van der Waals surface area contributed by atoms with Crippen molar-refractivity contribution in [1.82, 2.24) is 0 Å². The SMILES string of the molecule is COC(c1ccc2ccccc2c1)C(C)(C)C. The molecule has 17 heavy (non-hydrogen) atoms. The molecule has 1 heteroatoms. The van der Waals surface area contributed by atoms with E-state index in [-0.39, 0.29) is 11.5 Å². The number of ether oxygens (including phenoxy) is 1. The fourth-order valence-corrected chi connectivity index (χ4v) is 2.36. The molecule has 0 bridgehead atoms. The van der Waals surface area contributed by atoms with Crippen LogP contribution < -0.4 is 0 Å². The summed E-state index contributed by atoms with van der Waals surface area (Å²) < 4.78 is 5.65. The lowest BCUT2D eigenvalue weighted by Crippen LogP contribution is -2.19. The van der Waals surface area contributed by atoms with Crippen LogP contribution in [0.1, 0.15) is 32.4 Å². The van der Waals surface area contributed by atoms with Gasteiger partial charge in [0, 0.05) is 7.11 Å². The predicted molar refractivity (Wildman–Crippen MR) is 73.2 cm³/mol. The van der Waals surface area contributed by atoms with E-state index in [2.05, 4.69) is 63.2 Å². The minimum atomic E-state index is 0.108. The van der Waals surface area contributed by atoms with Crippen molar-refractivity contribution in [3.8, 4) is 0 Å². The fraction of sp³-hybridized carbons (Fsp3) is 0.375. The van der Waals surface area contributed by atoms with Crippen molar-refractivity contribution >= 4 is 10.8 Å². The summed E-state index contributed by atoms with van der Waals surface area (Å²) in [6.07, 6.45) is 0.132. The third kappa shape index (κ3) is 2.50. The van der Waals surface area contributed by atoms with Crippen LogP contribution in [-0.2, 0) is 4.74 Å². The Bertz CT molecular complexity index is 508. The fourth-order valence-electron chi connectivity index (χ4n) is 2.36.